The Morgan fingerprint density at radius 2 is 1.86 bits per heavy atom. The van der Waals surface area contributed by atoms with E-state index in [1.165, 1.54) is 18.2 Å². The first kappa shape index (κ1) is 24.9. The number of fused-ring (bicyclic) bond motifs is 1. The van der Waals surface area contributed by atoms with Crippen molar-refractivity contribution in [3.8, 4) is 11.1 Å². The third-order valence-corrected chi connectivity index (χ3v) is 6.04. The van der Waals surface area contributed by atoms with Crippen molar-refractivity contribution >= 4 is 34.3 Å². The fourth-order valence-electron chi connectivity index (χ4n) is 4.19. The number of nitrogens with one attached hydrogen (secondary N) is 3. The van der Waals surface area contributed by atoms with Crippen LogP contribution in [-0.2, 0) is 12.1 Å². The monoisotopic (exact) mass is 491 g/mol. The molecule has 36 heavy (non-hydrogen) atoms. The van der Waals surface area contributed by atoms with E-state index in [9.17, 15) is 14.0 Å². The summed E-state index contributed by atoms with van der Waals surface area (Å²) in [7, 11) is 1.76. The summed E-state index contributed by atoms with van der Waals surface area (Å²) in [5.41, 5.74) is 1.91. The van der Waals surface area contributed by atoms with Crippen LogP contribution in [0.1, 0.15) is 33.4 Å². The van der Waals surface area contributed by atoms with Gasteiger partial charge in [0.1, 0.15) is 11.6 Å². The molecule has 1 aromatic carbocycles. The van der Waals surface area contributed by atoms with Gasteiger partial charge in [-0.3, -0.25) is 10.1 Å². The van der Waals surface area contributed by atoms with Crippen molar-refractivity contribution in [2.24, 2.45) is 0 Å². The van der Waals surface area contributed by atoms with Crippen LogP contribution >= 0.6 is 0 Å². The number of amides is 2. The van der Waals surface area contributed by atoms with Crippen molar-refractivity contribution in [2.45, 2.75) is 46.7 Å². The lowest BCUT2D eigenvalue weighted by Crippen LogP contribution is -2.24. The maximum absolute atomic E-state index is 14.6. The van der Waals surface area contributed by atoms with Gasteiger partial charge in [0.2, 0.25) is 0 Å². The minimum Gasteiger partial charge on any atom is -0.373 e. The quantitative estimate of drug-likeness (QED) is 0.357. The van der Waals surface area contributed by atoms with Gasteiger partial charge < -0.3 is 19.8 Å². The van der Waals surface area contributed by atoms with Gasteiger partial charge in [-0.1, -0.05) is 6.07 Å². The van der Waals surface area contributed by atoms with Crippen LogP contribution < -0.4 is 21.5 Å². The second-order valence-electron chi connectivity index (χ2n) is 9.48. The van der Waals surface area contributed by atoms with Gasteiger partial charge >= 0.3 is 6.03 Å². The molecule has 0 fully saturated rings. The molecule has 0 saturated heterocycles. The molecule has 0 aliphatic carbocycles. The fraction of sp³-hybridized carbons (Fsp3) is 0.308. The van der Waals surface area contributed by atoms with Gasteiger partial charge in [-0.15, -0.1) is 0 Å². The maximum atomic E-state index is 14.6. The zero-order valence-corrected chi connectivity index (χ0v) is 21.2. The van der Waals surface area contributed by atoms with Crippen LogP contribution in [0.3, 0.4) is 0 Å². The molecule has 3 aromatic heterocycles. The van der Waals surface area contributed by atoms with Gasteiger partial charge in [0.15, 0.2) is 5.82 Å². The Morgan fingerprint density at radius 3 is 2.50 bits per heavy atom. The molecule has 0 aliphatic heterocycles. The molecule has 188 valence electrons. The summed E-state index contributed by atoms with van der Waals surface area (Å²) < 4.78 is 18.2. The van der Waals surface area contributed by atoms with E-state index < -0.39 is 11.8 Å². The molecule has 4 aromatic rings. The molecular weight excluding hydrogens is 461 g/mol. The standard InChI is InChI=1S/C26H30FN7O2/c1-7-33-21-12-22(28-6)29-13-17(21)10-18(24(33)35)16-8-9-19(27)20(11-16)31-25(36)32-23-15(2)34(14-30-23)26(3,4)5/h8-14H,7H2,1-6H3,(H,28,29)(H2,31,32,36). The lowest BCUT2D eigenvalue weighted by Gasteiger charge is -2.22. The summed E-state index contributed by atoms with van der Waals surface area (Å²) in [4.78, 5) is 34.6. The highest BCUT2D eigenvalue weighted by atomic mass is 19.1. The Hall–Kier alpha value is -4.21. The largest absolute Gasteiger partial charge is 0.373 e. The van der Waals surface area contributed by atoms with Crippen LogP contribution in [0.4, 0.5) is 26.5 Å². The molecule has 0 aliphatic rings. The van der Waals surface area contributed by atoms with Crippen LogP contribution in [0.25, 0.3) is 22.0 Å². The predicted octanol–water partition coefficient (Wildman–Crippen LogP) is 5.17. The van der Waals surface area contributed by atoms with Gasteiger partial charge in [0, 0.05) is 42.3 Å². The SMILES string of the molecule is CCn1c(=O)c(-c2ccc(F)c(NC(=O)Nc3ncn(C(C)(C)C)c3C)c2)cc2cnc(NC)cc21. The Labute approximate surface area is 208 Å². The first-order chi connectivity index (χ1) is 17.0. The third kappa shape index (κ3) is 4.66. The average Bonchev–Trinajstić information content (AvgIpc) is 3.20. The molecular formula is C26H30FN7O2. The Kier molecular flexibility index (Phi) is 6.53. The summed E-state index contributed by atoms with van der Waals surface area (Å²) in [6, 6.07) is 7.11. The molecule has 0 unspecified atom stereocenters. The number of benzene rings is 1. The third-order valence-electron chi connectivity index (χ3n) is 6.04. The molecule has 3 N–H and O–H groups in total. The second-order valence-corrected chi connectivity index (χ2v) is 9.48. The summed E-state index contributed by atoms with van der Waals surface area (Å²) >= 11 is 0. The second kappa shape index (κ2) is 9.44. The molecule has 0 saturated carbocycles. The van der Waals surface area contributed by atoms with Crippen LogP contribution in [0.15, 0.2) is 47.7 Å². The fourth-order valence-corrected chi connectivity index (χ4v) is 4.19. The smallest absolute Gasteiger partial charge is 0.324 e. The number of aryl methyl sites for hydroxylation is 1. The van der Waals surface area contributed by atoms with E-state index in [2.05, 4.69) is 25.9 Å². The number of carbonyl (C=O) groups excluding carboxylic acids is 1. The Balaban J connectivity index is 1.67. The number of imidazole rings is 1. The lowest BCUT2D eigenvalue weighted by molar-refractivity contribution is 0.262. The van der Waals surface area contributed by atoms with Gasteiger partial charge in [-0.2, -0.15) is 0 Å². The Morgan fingerprint density at radius 1 is 1.11 bits per heavy atom. The van der Waals surface area contributed by atoms with Crippen molar-refractivity contribution in [1.29, 1.82) is 0 Å². The summed E-state index contributed by atoms with van der Waals surface area (Å²) in [6.07, 6.45) is 3.34. The zero-order chi connectivity index (χ0) is 26.2. The Bertz CT molecular complexity index is 1520. The highest BCUT2D eigenvalue weighted by Gasteiger charge is 2.19. The highest BCUT2D eigenvalue weighted by molar-refractivity contribution is 6.00. The van der Waals surface area contributed by atoms with Crippen molar-refractivity contribution in [1.82, 2.24) is 19.1 Å². The number of hydrogen-bond acceptors (Lipinski definition) is 5. The molecule has 10 heteroatoms. The van der Waals surface area contributed by atoms with E-state index in [4.69, 9.17) is 0 Å². The van der Waals surface area contributed by atoms with E-state index in [-0.39, 0.29) is 16.8 Å². The molecule has 3 heterocycles. The van der Waals surface area contributed by atoms with E-state index in [0.717, 1.165) is 16.6 Å². The van der Waals surface area contributed by atoms with Crippen LogP contribution in [0.2, 0.25) is 0 Å². The van der Waals surface area contributed by atoms with Gasteiger partial charge in [-0.25, -0.2) is 19.2 Å². The van der Waals surface area contributed by atoms with Crippen LogP contribution in [0, 0.1) is 12.7 Å². The van der Waals surface area contributed by atoms with Crippen molar-refractivity contribution in [2.75, 3.05) is 23.0 Å². The number of urea groups is 1. The molecule has 0 spiro atoms. The van der Waals surface area contributed by atoms with Crippen LogP contribution in [-0.4, -0.2) is 32.2 Å². The summed E-state index contributed by atoms with van der Waals surface area (Å²) in [6.45, 7) is 10.3. The van der Waals surface area contributed by atoms with Gasteiger partial charge in [0.05, 0.1) is 23.2 Å². The normalized spacial score (nSPS) is 11.5. The topological polar surface area (TPSA) is 106 Å². The molecule has 2 amide bonds. The van der Waals surface area contributed by atoms with E-state index >= 15 is 0 Å². The van der Waals surface area contributed by atoms with E-state index in [1.54, 1.807) is 30.2 Å². The first-order valence-electron chi connectivity index (χ1n) is 11.7. The molecule has 0 radical (unpaired) electrons. The number of aromatic nitrogens is 4. The lowest BCUT2D eigenvalue weighted by atomic mass is 10.0. The summed E-state index contributed by atoms with van der Waals surface area (Å²) in [5.74, 6) is 0.411. The van der Waals surface area contributed by atoms with Crippen molar-refractivity contribution < 1.29 is 9.18 Å². The minimum atomic E-state index is -0.637. The van der Waals surface area contributed by atoms with Gasteiger partial charge in [0.25, 0.3) is 5.56 Å². The zero-order valence-electron chi connectivity index (χ0n) is 21.2. The highest BCUT2D eigenvalue weighted by Crippen LogP contribution is 2.27. The number of pyridine rings is 2. The number of nitrogens with zero attached hydrogens (tertiary/aromatic N) is 4. The van der Waals surface area contributed by atoms with Crippen molar-refractivity contribution in [3.63, 3.8) is 0 Å². The van der Waals surface area contributed by atoms with Crippen molar-refractivity contribution in [3.05, 3.63) is 64.7 Å². The number of carbonyl (C=O) groups is 1. The van der Waals surface area contributed by atoms with E-state index in [0.29, 0.717) is 29.3 Å². The molecule has 4 rings (SSSR count). The average molecular weight is 492 g/mol. The van der Waals surface area contributed by atoms with Crippen LogP contribution in [0.5, 0.6) is 0 Å². The number of anilines is 3. The predicted molar refractivity (Wildman–Crippen MR) is 141 cm³/mol. The van der Waals surface area contributed by atoms with E-state index in [1.807, 2.05) is 45.3 Å². The molecule has 0 atom stereocenters. The summed E-state index contributed by atoms with van der Waals surface area (Å²) in [5, 5.41) is 8.96. The minimum absolute atomic E-state index is 0.0518. The first-order valence-corrected chi connectivity index (χ1v) is 11.7. The van der Waals surface area contributed by atoms with Gasteiger partial charge in [-0.05, 0) is 58.4 Å². The molecule has 0 bridgehead atoms. The maximum Gasteiger partial charge on any atom is 0.324 e. The number of halogens is 1. The number of hydrogen-bond donors (Lipinski definition) is 3. The molecule has 9 nitrogen and oxygen atoms in total. The number of rotatable bonds is 5.